The van der Waals surface area contributed by atoms with Crippen LogP contribution in [0.5, 0.6) is 0 Å². The summed E-state index contributed by atoms with van der Waals surface area (Å²) in [4.78, 5) is 9.81. The van der Waals surface area contributed by atoms with Gasteiger partial charge in [0.15, 0.2) is 0 Å². The predicted molar refractivity (Wildman–Crippen MR) is 39.4 cm³/mol. The molecule has 0 heterocycles. The lowest BCUT2D eigenvalue weighted by Crippen LogP contribution is -2.15. The molecular formula is C7H11NO2. The van der Waals surface area contributed by atoms with Crippen molar-refractivity contribution in [1.29, 1.82) is 0 Å². The maximum Gasteiger partial charge on any atom is 0.207 e. The Bertz CT molecular complexity index is 141. The van der Waals surface area contributed by atoms with Crippen molar-refractivity contribution in [3.8, 4) is 0 Å². The molecule has 0 unspecified atom stereocenters. The zero-order valence-electron chi connectivity index (χ0n) is 5.96. The average molecular weight is 141 g/mol. The summed E-state index contributed by atoms with van der Waals surface area (Å²) in [6.07, 6.45) is 3.91. The summed E-state index contributed by atoms with van der Waals surface area (Å²) in [6.45, 7) is 3.89. The van der Waals surface area contributed by atoms with Gasteiger partial charge in [-0.2, -0.15) is 0 Å². The highest BCUT2D eigenvalue weighted by atomic mass is 16.5. The maximum absolute atomic E-state index is 9.81. The molecule has 0 bridgehead atoms. The number of allylic oxidation sites excluding steroid dienone is 2. The summed E-state index contributed by atoms with van der Waals surface area (Å²) in [7, 11) is 1.54. The molecule has 0 saturated heterocycles. The predicted octanol–water partition coefficient (Wildman–Crippen LogP) is 0.449. The highest BCUT2D eigenvalue weighted by Gasteiger charge is 1.89. The van der Waals surface area contributed by atoms with Crippen LogP contribution >= 0.6 is 0 Å². The molecule has 1 amide bonds. The van der Waals surface area contributed by atoms with Crippen molar-refractivity contribution in [1.82, 2.24) is 5.32 Å². The van der Waals surface area contributed by atoms with Gasteiger partial charge in [-0.05, 0) is 6.08 Å². The Hall–Kier alpha value is -1.25. The fourth-order valence-corrected chi connectivity index (χ4v) is 0.473. The Morgan fingerprint density at radius 3 is 2.90 bits per heavy atom. The van der Waals surface area contributed by atoms with Crippen molar-refractivity contribution in [3.05, 3.63) is 24.5 Å². The van der Waals surface area contributed by atoms with Gasteiger partial charge in [0.2, 0.25) is 6.41 Å². The SMILES string of the molecule is C=C/C=C(/CNC=O)OC. The number of methoxy groups -OCH3 is 1. The van der Waals surface area contributed by atoms with Crippen molar-refractivity contribution in [2.45, 2.75) is 0 Å². The van der Waals surface area contributed by atoms with Gasteiger partial charge in [0, 0.05) is 0 Å². The number of nitrogens with one attached hydrogen (secondary N) is 1. The normalized spacial score (nSPS) is 10.3. The Morgan fingerprint density at radius 1 is 1.80 bits per heavy atom. The molecule has 0 aromatic rings. The van der Waals surface area contributed by atoms with E-state index >= 15 is 0 Å². The van der Waals surface area contributed by atoms with Crippen LogP contribution < -0.4 is 5.32 Å². The number of carbonyl (C=O) groups excluding carboxylic acids is 1. The Kier molecular flexibility index (Phi) is 5.14. The lowest BCUT2D eigenvalue weighted by molar-refractivity contribution is -0.109. The van der Waals surface area contributed by atoms with E-state index in [4.69, 9.17) is 4.74 Å². The zero-order chi connectivity index (χ0) is 7.82. The standard InChI is InChI=1S/C7H11NO2/c1-3-4-7(10-2)5-8-6-9/h3-4,6H,1,5H2,2H3,(H,8,9)/b7-4-. The molecule has 0 saturated carbocycles. The monoisotopic (exact) mass is 141 g/mol. The van der Waals surface area contributed by atoms with Crippen molar-refractivity contribution in [2.75, 3.05) is 13.7 Å². The molecule has 0 aliphatic rings. The first kappa shape index (κ1) is 8.75. The second-order valence-corrected chi connectivity index (χ2v) is 1.57. The molecule has 0 aromatic carbocycles. The van der Waals surface area contributed by atoms with E-state index in [-0.39, 0.29) is 0 Å². The summed E-state index contributed by atoms with van der Waals surface area (Å²) < 4.78 is 4.86. The van der Waals surface area contributed by atoms with Gasteiger partial charge in [-0.1, -0.05) is 12.7 Å². The highest BCUT2D eigenvalue weighted by Crippen LogP contribution is 1.91. The first-order valence-electron chi connectivity index (χ1n) is 2.87. The minimum Gasteiger partial charge on any atom is -0.499 e. The maximum atomic E-state index is 9.81. The molecule has 0 aliphatic heterocycles. The van der Waals surface area contributed by atoms with Gasteiger partial charge < -0.3 is 10.1 Å². The lowest BCUT2D eigenvalue weighted by Gasteiger charge is -2.02. The van der Waals surface area contributed by atoms with E-state index in [1.54, 1.807) is 19.3 Å². The molecule has 0 fully saturated rings. The van der Waals surface area contributed by atoms with Crippen molar-refractivity contribution in [3.63, 3.8) is 0 Å². The molecule has 0 aliphatic carbocycles. The van der Waals surface area contributed by atoms with E-state index in [0.29, 0.717) is 18.7 Å². The zero-order valence-corrected chi connectivity index (χ0v) is 5.96. The summed E-state index contributed by atoms with van der Waals surface area (Å²) in [5.74, 6) is 0.683. The highest BCUT2D eigenvalue weighted by molar-refractivity contribution is 5.46. The molecule has 0 atom stereocenters. The minimum atomic E-state index is 0.409. The quantitative estimate of drug-likeness (QED) is 0.343. The van der Waals surface area contributed by atoms with Gasteiger partial charge in [-0.3, -0.25) is 4.79 Å². The number of hydrogen-bond acceptors (Lipinski definition) is 2. The van der Waals surface area contributed by atoms with E-state index in [0.717, 1.165) is 0 Å². The van der Waals surface area contributed by atoms with Crippen LogP contribution in [-0.4, -0.2) is 20.1 Å². The van der Waals surface area contributed by atoms with Gasteiger partial charge in [0.05, 0.1) is 13.7 Å². The van der Waals surface area contributed by atoms with E-state index < -0.39 is 0 Å². The summed E-state index contributed by atoms with van der Waals surface area (Å²) in [5.41, 5.74) is 0. The number of rotatable bonds is 5. The summed E-state index contributed by atoms with van der Waals surface area (Å²) in [5, 5.41) is 2.46. The Labute approximate surface area is 60.4 Å². The van der Waals surface area contributed by atoms with Crippen LogP contribution in [0.1, 0.15) is 0 Å². The van der Waals surface area contributed by atoms with Crippen molar-refractivity contribution < 1.29 is 9.53 Å². The topological polar surface area (TPSA) is 38.3 Å². The molecule has 3 heteroatoms. The van der Waals surface area contributed by atoms with Crippen LogP contribution in [0.4, 0.5) is 0 Å². The summed E-state index contributed by atoms with van der Waals surface area (Å²) >= 11 is 0. The number of hydrogen-bond donors (Lipinski definition) is 1. The van der Waals surface area contributed by atoms with Crippen molar-refractivity contribution >= 4 is 6.41 Å². The van der Waals surface area contributed by atoms with Gasteiger partial charge in [0.1, 0.15) is 5.76 Å². The number of carbonyl (C=O) groups is 1. The van der Waals surface area contributed by atoms with E-state index in [1.807, 2.05) is 0 Å². The Morgan fingerprint density at radius 2 is 2.50 bits per heavy atom. The molecule has 3 nitrogen and oxygen atoms in total. The van der Waals surface area contributed by atoms with Crippen molar-refractivity contribution in [2.24, 2.45) is 0 Å². The molecule has 0 rings (SSSR count). The smallest absolute Gasteiger partial charge is 0.207 e. The van der Waals surface area contributed by atoms with Gasteiger partial charge in [-0.25, -0.2) is 0 Å². The average Bonchev–Trinajstić information content (AvgIpc) is 1.98. The van der Waals surface area contributed by atoms with Crippen LogP contribution in [0.3, 0.4) is 0 Å². The lowest BCUT2D eigenvalue weighted by atomic mass is 10.4. The fraction of sp³-hybridized carbons (Fsp3) is 0.286. The van der Waals surface area contributed by atoms with Gasteiger partial charge >= 0.3 is 0 Å². The third-order valence-corrected chi connectivity index (χ3v) is 0.926. The first-order chi connectivity index (χ1) is 4.85. The minimum absolute atomic E-state index is 0.409. The fourth-order valence-electron chi connectivity index (χ4n) is 0.473. The molecule has 1 N–H and O–H groups in total. The largest absolute Gasteiger partial charge is 0.499 e. The van der Waals surface area contributed by atoms with Crippen LogP contribution in [0.2, 0.25) is 0 Å². The third kappa shape index (κ3) is 3.72. The second kappa shape index (κ2) is 5.88. The summed E-state index contributed by atoms with van der Waals surface area (Å²) in [6, 6.07) is 0. The second-order valence-electron chi connectivity index (χ2n) is 1.57. The van der Waals surface area contributed by atoms with Gasteiger partial charge in [0.25, 0.3) is 0 Å². The van der Waals surface area contributed by atoms with E-state index in [2.05, 4.69) is 11.9 Å². The Balaban J connectivity index is 3.70. The van der Waals surface area contributed by atoms with Crippen LogP contribution in [0.25, 0.3) is 0 Å². The van der Waals surface area contributed by atoms with Gasteiger partial charge in [-0.15, -0.1) is 0 Å². The van der Waals surface area contributed by atoms with E-state index in [1.165, 1.54) is 0 Å². The number of amides is 1. The molecule has 56 valence electrons. The van der Waals surface area contributed by atoms with E-state index in [9.17, 15) is 4.79 Å². The van der Waals surface area contributed by atoms with Crippen LogP contribution in [0, 0.1) is 0 Å². The third-order valence-electron chi connectivity index (χ3n) is 0.926. The van der Waals surface area contributed by atoms with Crippen LogP contribution in [0.15, 0.2) is 24.5 Å². The van der Waals surface area contributed by atoms with Crippen LogP contribution in [-0.2, 0) is 9.53 Å². The molecule has 0 radical (unpaired) electrons. The molecule has 10 heavy (non-hydrogen) atoms. The molecule has 0 aromatic heterocycles. The molecular weight excluding hydrogens is 130 g/mol. The first-order valence-corrected chi connectivity index (χ1v) is 2.87. The molecule has 0 spiro atoms. The number of ether oxygens (including phenoxy) is 1.